The van der Waals surface area contributed by atoms with Gasteiger partial charge in [-0.25, -0.2) is 0 Å². The largest absolute Gasteiger partial charge is 0.327 e. The van der Waals surface area contributed by atoms with Crippen LogP contribution in [-0.4, -0.2) is 11.0 Å². The summed E-state index contributed by atoms with van der Waals surface area (Å²) in [6.07, 6.45) is 6.88. The van der Waals surface area contributed by atoms with Gasteiger partial charge in [-0.15, -0.1) is 0 Å². The molecule has 2 N–H and O–H groups in total. The average Bonchev–Trinajstić information content (AvgIpc) is 2.84. The summed E-state index contributed by atoms with van der Waals surface area (Å²) in [7, 11) is 0. The van der Waals surface area contributed by atoms with E-state index in [1.165, 1.54) is 16.7 Å². The summed E-state index contributed by atoms with van der Waals surface area (Å²) in [5.41, 5.74) is 10.6. The summed E-state index contributed by atoms with van der Waals surface area (Å²) in [5.74, 6) is 0.579. The molecular weight excluding hydrogens is 220 g/mol. The molecule has 3 rings (SSSR count). The van der Waals surface area contributed by atoms with Crippen LogP contribution in [0.4, 0.5) is 0 Å². The predicted molar refractivity (Wildman–Crippen MR) is 73.3 cm³/mol. The number of hydrogen-bond acceptors (Lipinski definition) is 2. The van der Waals surface area contributed by atoms with Crippen LogP contribution in [0.15, 0.2) is 48.8 Å². The lowest BCUT2D eigenvalue weighted by Crippen LogP contribution is -2.32. The fraction of sp³-hybridized carbons (Fsp3) is 0.312. The first-order valence-corrected chi connectivity index (χ1v) is 6.54. The second kappa shape index (κ2) is 4.91. The summed E-state index contributed by atoms with van der Waals surface area (Å²) >= 11 is 0. The van der Waals surface area contributed by atoms with Crippen LogP contribution in [0.1, 0.15) is 16.7 Å². The quantitative estimate of drug-likeness (QED) is 0.891. The van der Waals surface area contributed by atoms with E-state index in [0.29, 0.717) is 5.92 Å². The number of nitrogens with two attached hydrogens (primary N) is 1. The van der Waals surface area contributed by atoms with Crippen molar-refractivity contribution >= 4 is 0 Å². The summed E-state index contributed by atoms with van der Waals surface area (Å²) < 4.78 is 0. The van der Waals surface area contributed by atoms with Gasteiger partial charge in [0, 0.05) is 18.4 Å². The zero-order valence-corrected chi connectivity index (χ0v) is 10.4. The molecule has 1 aliphatic carbocycles. The summed E-state index contributed by atoms with van der Waals surface area (Å²) in [6.45, 7) is 0. The normalized spacial score (nSPS) is 16.5. The van der Waals surface area contributed by atoms with Crippen molar-refractivity contribution in [2.45, 2.75) is 25.3 Å². The molecule has 1 heterocycles. The van der Waals surface area contributed by atoms with Gasteiger partial charge in [-0.05, 0) is 54.0 Å². The molecule has 1 aliphatic rings. The lowest BCUT2D eigenvalue weighted by molar-refractivity contribution is 0.437. The van der Waals surface area contributed by atoms with E-state index in [-0.39, 0.29) is 6.04 Å². The monoisotopic (exact) mass is 238 g/mol. The minimum absolute atomic E-state index is 0.236. The fourth-order valence-electron chi connectivity index (χ4n) is 2.85. The Kier molecular flexibility index (Phi) is 3.11. The summed E-state index contributed by atoms with van der Waals surface area (Å²) in [6, 6.07) is 13.1. The molecule has 2 heteroatoms. The Labute approximate surface area is 108 Å². The second-order valence-electron chi connectivity index (χ2n) is 5.16. The highest BCUT2D eigenvalue weighted by atomic mass is 14.7. The van der Waals surface area contributed by atoms with Gasteiger partial charge in [-0.1, -0.05) is 24.3 Å². The summed E-state index contributed by atoms with van der Waals surface area (Å²) in [4.78, 5) is 4.04. The van der Waals surface area contributed by atoms with Crippen molar-refractivity contribution in [3.8, 4) is 0 Å². The van der Waals surface area contributed by atoms with Crippen molar-refractivity contribution in [2.24, 2.45) is 11.7 Å². The second-order valence-corrected chi connectivity index (χ2v) is 5.16. The van der Waals surface area contributed by atoms with Crippen LogP contribution >= 0.6 is 0 Å². The van der Waals surface area contributed by atoms with Crippen molar-refractivity contribution in [1.29, 1.82) is 0 Å². The molecule has 0 amide bonds. The van der Waals surface area contributed by atoms with Crippen molar-refractivity contribution in [1.82, 2.24) is 4.98 Å². The lowest BCUT2D eigenvalue weighted by Gasteiger charge is -2.18. The van der Waals surface area contributed by atoms with E-state index in [2.05, 4.69) is 41.4 Å². The van der Waals surface area contributed by atoms with Crippen molar-refractivity contribution in [3.05, 3.63) is 65.5 Å². The van der Waals surface area contributed by atoms with Gasteiger partial charge in [-0.3, -0.25) is 4.98 Å². The van der Waals surface area contributed by atoms with Crippen LogP contribution in [0.2, 0.25) is 0 Å². The Balaban J connectivity index is 1.67. The maximum atomic E-state index is 6.37. The predicted octanol–water partition coefficient (Wildman–Crippen LogP) is 2.37. The molecule has 2 aromatic rings. The first-order chi connectivity index (χ1) is 8.83. The third-order valence-electron chi connectivity index (χ3n) is 3.91. The van der Waals surface area contributed by atoms with Crippen LogP contribution in [0.25, 0.3) is 0 Å². The SMILES string of the molecule is NC(Cc1ccncc1)C1Cc2ccccc2C1. The van der Waals surface area contributed by atoms with Gasteiger partial charge in [0.15, 0.2) is 0 Å². The number of aromatic nitrogens is 1. The number of nitrogens with zero attached hydrogens (tertiary/aromatic N) is 1. The molecule has 0 saturated carbocycles. The van der Waals surface area contributed by atoms with E-state index >= 15 is 0 Å². The Morgan fingerprint density at radius 1 is 1.06 bits per heavy atom. The minimum atomic E-state index is 0.236. The van der Waals surface area contributed by atoms with Crippen LogP contribution in [0.3, 0.4) is 0 Å². The number of benzene rings is 1. The Morgan fingerprint density at radius 3 is 2.28 bits per heavy atom. The molecular formula is C16H18N2. The highest BCUT2D eigenvalue weighted by molar-refractivity contribution is 5.32. The molecule has 18 heavy (non-hydrogen) atoms. The van der Waals surface area contributed by atoms with Gasteiger partial charge in [0.05, 0.1) is 0 Å². The van der Waals surface area contributed by atoms with Crippen LogP contribution in [0, 0.1) is 5.92 Å². The molecule has 92 valence electrons. The van der Waals surface area contributed by atoms with Crippen molar-refractivity contribution in [3.63, 3.8) is 0 Å². The third-order valence-corrected chi connectivity index (χ3v) is 3.91. The Bertz CT molecular complexity index is 497. The highest BCUT2D eigenvalue weighted by Crippen LogP contribution is 2.28. The van der Waals surface area contributed by atoms with Crippen LogP contribution in [-0.2, 0) is 19.3 Å². The van der Waals surface area contributed by atoms with Gasteiger partial charge >= 0.3 is 0 Å². The lowest BCUT2D eigenvalue weighted by atomic mass is 9.92. The topological polar surface area (TPSA) is 38.9 Å². The fourth-order valence-corrected chi connectivity index (χ4v) is 2.85. The van der Waals surface area contributed by atoms with Crippen molar-refractivity contribution < 1.29 is 0 Å². The number of hydrogen-bond donors (Lipinski definition) is 1. The minimum Gasteiger partial charge on any atom is -0.327 e. The van der Waals surface area contributed by atoms with Gasteiger partial charge in [0.25, 0.3) is 0 Å². The summed E-state index contributed by atoms with van der Waals surface area (Å²) in [5, 5.41) is 0. The standard InChI is InChI=1S/C16H18N2/c17-16(9-12-5-7-18-8-6-12)15-10-13-3-1-2-4-14(13)11-15/h1-8,15-16H,9-11,17H2. The highest BCUT2D eigenvalue weighted by Gasteiger charge is 2.26. The molecule has 0 bridgehead atoms. The molecule has 0 saturated heterocycles. The van der Waals surface area contributed by atoms with Crippen LogP contribution in [0.5, 0.6) is 0 Å². The first kappa shape index (κ1) is 11.4. The van der Waals surface area contributed by atoms with E-state index in [4.69, 9.17) is 5.73 Å². The molecule has 1 unspecified atom stereocenters. The molecule has 0 radical (unpaired) electrons. The zero-order valence-electron chi connectivity index (χ0n) is 10.4. The van der Waals surface area contributed by atoms with E-state index in [1.807, 2.05) is 12.4 Å². The van der Waals surface area contributed by atoms with Crippen LogP contribution < -0.4 is 5.73 Å². The number of rotatable bonds is 3. The number of pyridine rings is 1. The maximum absolute atomic E-state index is 6.37. The maximum Gasteiger partial charge on any atom is 0.0270 e. The Hall–Kier alpha value is -1.67. The van der Waals surface area contributed by atoms with Gasteiger partial charge in [-0.2, -0.15) is 0 Å². The van der Waals surface area contributed by atoms with E-state index in [1.54, 1.807) is 0 Å². The third kappa shape index (κ3) is 2.29. The molecule has 1 aromatic heterocycles. The van der Waals surface area contributed by atoms with Gasteiger partial charge in [0.1, 0.15) is 0 Å². The van der Waals surface area contributed by atoms with E-state index in [9.17, 15) is 0 Å². The molecule has 2 nitrogen and oxygen atoms in total. The Morgan fingerprint density at radius 2 is 1.67 bits per heavy atom. The molecule has 0 aliphatic heterocycles. The molecule has 1 aromatic carbocycles. The molecule has 0 spiro atoms. The van der Waals surface area contributed by atoms with Gasteiger partial charge in [0.2, 0.25) is 0 Å². The number of fused-ring (bicyclic) bond motifs is 1. The van der Waals surface area contributed by atoms with E-state index < -0.39 is 0 Å². The van der Waals surface area contributed by atoms with Gasteiger partial charge < -0.3 is 5.73 Å². The average molecular weight is 238 g/mol. The molecule has 1 atom stereocenters. The zero-order chi connectivity index (χ0) is 12.4. The van der Waals surface area contributed by atoms with Crippen molar-refractivity contribution in [2.75, 3.05) is 0 Å². The molecule has 0 fully saturated rings. The smallest absolute Gasteiger partial charge is 0.0270 e. The van der Waals surface area contributed by atoms with E-state index in [0.717, 1.165) is 19.3 Å². The first-order valence-electron chi connectivity index (χ1n) is 6.54.